The van der Waals surface area contributed by atoms with Gasteiger partial charge in [-0.15, -0.1) is 4.91 Å². The molecule has 0 saturated carbocycles. The van der Waals surface area contributed by atoms with E-state index in [9.17, 15) is 19.1 Å². The Bertz CT molecular complexity index is 674. The fourth-order valence-corrected chi connectivity index (χ4v) is 1.84. The molecule has 1 amide bonds. The minimum absolute atomic E-state index is 0.125. The van der Waals surface area contributed by atoms with Crippen molar-refractivity contribution in [3.05, 3.63) is 22.4 Å². The number of amides is 1. The summed E-state index contributed by atoms with van der Waals surface area (Å²) in [5, 5.41) is 18.5. The van der Waals surface area contributed by atoms with Gasteiger partial charge in [0.1, 0.15) is 31.0 Å². The van der Waals surface area contributed by atoms with Crippen LogP contribution in [0.15, 0.2) is 11.2 Å². The number of guanidine groups is 1. The fourth-order valence-electron chi connectivity index (χ4n) is 1.84. The summed E-state index contributed by atoms with van der Waals surface area (Å²) in [6, 6.07) is 0.816. The molecular formula is C11H12BFN4O7. The van der Waals surface area contributed by atoms with E-state index < -0.39 is 41.9 Å². The van der Waals surface area contributed by atoms with E-state index in [2.05, 4.69) is 5.18 Å². The van der Waals surface area contributed by atoms with E-state index in [0.717, 1.165) is 6.07 Å². The summed E-state index contributed by atoms with van der Waals surface area (Å²) in [7, 11) is -1.45. The second-order valence-corrected chi connectivity index (χ2v) is 4.38. The van der Waals surface area contributed by atoms with Gasteiger partial charge in [-0.2, -0.15) is 0 Å². The maximum atomic E-state index is 14.0. The molecule has 1 aliphatic heterocycles. The summed E-state index contributed by atoms with van der Waals surface area (Å²) in [5.41, 5.74) is 6.54. The lowest BCUT2D eigenvalue weighted by Gasteiger charge is -2.23. The van der Waals surface area contributed by atoms with Crippen LogP contribution in [0.3, 0.4) is 0 Å². The molecule has 0 aliphatic carbocycles. The monoisotopic (exact) mass is 342 g/mol. The average molecular weight is 342 g/mol. The van der Waals surface area contributed by atoms with Gasteiger partial charge < -0.3 is 24.9 Å². The minimum atomic E-state index is -1.45. The Labute approximate surface area is 134 Å². The maximum absolute atomic E-state index is 14.0. The van der Waals surface area contributed by atoms with Crippen LogP contribution < -0.4 is 25.3 Å². The molecule has 0 saturated heterocycles. The van der Waals surface area contributed by atoms with Gasteiger partial charge >= 0.3 is 13.0 Å². The molecule has 0 radical (unpaired) electrons. The van der Waals surface area contributed by atoms with Crippen LogP contribution in [0.25, 0.3) is 0 Å². The van der Waals surface area contributed by atoms with Crippen LogP contribution in [0.1, 0.15) is 10.4 Å². The summed E-state index contributed by atoms with van der Waals surface area (Å²) in [4.78, 5) is 27.0. The van der Waals surface area contributed by atoms with Gasteiger partial charge in [-0.3, -0.25) is 15.0 Å². The number of ether oxygens (including phenoxy) is 2. The lowest BCUT2D eigenvalue weighted by molar-refractivity contribution is 0.0578. The van der Waals surface area contributed by atoms with Crippen LogP contribution in [-0.2, 0) is 4.84 Å². The number of hydrogen-bond acceptors (Lipinski definition) is 8. The van der Waals surface area contributed by atoms with Crippen molar-refractivity contribution >= 4 is 19.0 Å². The van der Waals surface area contributed by atoms with Crippen molar-refractivity contribution in [1.82, 2.24) is 5.48 Å². The number of carbonyl (C=O) groups is 1. The SMILES string of the molecule is N=C(N)NOCCOc1cc(F)c2c(c1C(=O)N=O)OB(O)CO2. The van der Waals surface area contributed by atoms with Crippen LogP contribution in [0, 0.1) is 16.1 Å². The van der Waals surface area contributed by atoms with Crippen LogP contribution >= 0.6 is 0 Å². The molecule has 0 atom stereocenters. The first kappa shape index (κ1) is 17.4. The van der Waals surface area contributed by atoms with Crippen molar-refractivity contribution in [2.45, 2.75) is 0 Å². The van der Waals surface area contributed by atoms with Crippen molar-refractivity contribution in [3.8, 4) is 17.2 Å². The second kappa shape index (κ2) is 7.56. The van der Waals surface area contributed by atoms with Gasteiger partial charge in [0.2, 0.25) is 5.96 Å². The first-order valence-corrected chi connectivity index (χ1v) is 6.50. The molecule has 1 heterocycles. The highest BCUT2D eigenvalue weighted by Crippen LogP contribution is 2.42. The highest BCUT2D eigenvalue weighted by molar-refractivity contribution is 6.44. The standard InChI is InChI=1S/C11H12BFN4O7/c13-5-3-6(21-1-2-23-17-11(14)15)7(10(18)16-20)9-8(5)22-4-12(19)24-9/h3,19H,1-2,4H2,(H4,14,15,17). The third-order valence-electron chi connectivity index (χ3n) is 2.70. The van der Waals surface area contributed by atoms with Gasteiger partial charge in [-0.25, -0.2) is 9.87 Å². The largest absolute Gasteiger partial charge is 0.563 e. The molecule has 2 rings (SSSR count). The normalized spacial score (nSPS) is 12.5. The first-order chi connectivity index (χ1) is 11.4. The molecule has 1 aromatic rings. The van der Waals surface area contributed by atoms with E-state index in [-0.39, 0.29) is 25.5 Å². The van der Waals surface area contributed by atoms with Crippen molar-refractivity contribution < 1.29 is 33.2 Å². The Kier molecular flexibility index (Phi) is 5.49. The Balaban J connectivity index is 2.24. The number of nitroso groups, excluding NO2 is 1. The van der Waals surface area contributed by atoms with E-state index in [1.807, 2.05) is 5.48 Å². The molecule has 11 nitrogen and oxygen atoms in total. The lowest BCUT2D eigenvalue weighted by atomic mass is 9.91. The van der Waals surface area contributed by atoms with Crippen molar-refractivity contribution in [2.24, 2.45) is 10.9 Å². The Morgan fingerprint density at radius 1 is 1.54 bits per heavy atom. The number of hydrogen-bond donors (Lipinski definition) is 4. The fraction of sp³-hybridized carbons (Fsp3) is 0.273. The van der Waals surface area contributed by atoms with E-state index in [1.165, 1.54) is 0 Å². The quantitative estimate of drug-likeness (QED) is 0.131. The summed E-state index contributed by atoms with van der Waals surface area (Å²) in [5.74, 6) is -3.90. The Morgan fingerprint density at radius 2 is 2.29 bits per heavy atom. The molecule has 0 bridgehead atoms. The van der Waals surface area contributed by atoms with E-state index in [0.29, 0.717) is 0 Å². The van der Waals surface area contributed by atoms with E-state index in [4.69, 9.17) is 30.1 Å². The molecule has 5 N–H and O–H groups in total. The smallest absolute Gasteiger partial charge is 0.531 e. The average Bonchev–Trinajstić information content (AvgIpc) is 2.53. The zero-order valence-electron chi connectivity index (χ0n) is 12.1. The van der Waals surface area contributed by atoms with Crippen LogP contribution in [0.5, 0.6) is 17.2 Å². The number of halogens is 1. The zero-order valence-corrected chi connectivity index (χ0v) is 12.1. The molecule has 0 spiro atoms. The summed E-state index contributed by atoms with van der Waals surface area (Å²) < 4.78 is 29.1. The summed E-state index contributed by atoms with van der Waals surface area (Å²) >= 11 is 0. The van der Waals surface area contributed by atoms with Crippen LogP contribution in [0.4, 0.5) is 4.39 Å². The van der Waals surface area contributed by atoms with Gasteiger partial charge in [0, 0.05) is 11.2 Å². The molecule has 13 heteroatoms. The van der Waals surface area contributed by atoms with E-state index >= 15 is 0 Å². The first-order valence-electron chi connectivity index (χ1n) is 6.50. The van der Waals surface area contributed by atoms with Gasteiger partial charge in [0.05, 0.1) is 0 Å². The van der Waals surface area contributed by atoms with Crippen molar-refractivity contribution in [1.29, 1.82) is 5.41 Å². The van der Waals surface area contributed by atoms with Crippen LogP contribution in [0.2, 0.25) is 0 Å². The topological polar surface area (TPSA) is 166 Å². The molecular weight excluding hydrogens is 330 g/mol. The van der Waals surface area contributed by atoms with E-state index in [1.54, 1.807) is 0 Å². The molecule has 128 valence electrons. The predicted octanol–water partition coefficient (Wildman–Crippen LogP) is -0.683. The molecule has 0 fully saturated rings. The van der Waals surface area contributed by atoms with Crippen LogP contribution in [-0.4, -0.2) is 43.7 Å². The number of fused-ring (bicyclic) bond motifs is 1. The number of benzene rings is 1. The summed E-state index contributed by atoms with van der Waals surface area (Å²) in [6.45, 7) is -0.668. The van der Waals surface area contributed by atoms with Gasteiger partial charge in [-0.05, 0) is 0 Å². The summed E-state index contributed by atoms with van der Waals surface area (Å²) in [6.07, 6.45) is 0. The number of nitrogens with two attached hydrogens (primary N) is 1. The number of rotatable bonds is 6. The molecule has 0 unspecified atom stereocenters. The predicted molar refractivity (Wildman–Crippen MR) is 77.1 cm³/mol. The second-order valence-electron chi connectivity index (χ2n) is 4.38. The third kappa shape index (κ3) is 3.88. The number of hydroxylamine groups is 1. The zero-order chi connectivity index (χ0) is 17.7. The number of carbonyl (C=O) groups excluding carboxylic acids is 1. The van der Waals surface area contributed by atoms with Crippen molar-refractivity contribution in [2.75, 3.05) is 19.7 Å². The highest BCUT2D eigenvalue weighted by atomic mass is 19.1. The third-order valence-corrected chi connectivity index (χ3v) is 2.70. The molecule has 0 aromatic heterocycles. The molecule has 24 heavy (non-hydrogen) atoms. The number of nitrogens with one attached hydrogen (secondary N) is 2. The van der Waals surface area contributed by atoms with Crippen molar-refractivity contribution in [3.63, 3.8) is 0 Å². The molecule has 1 aliphatic rings. The highest BCUT2D eigenvalue weighted by Gasteiger charge is 2.34. The van der Waals surface area contributed by atoms with Gasteiger partial charge in [-0.1, -0.05) is 0 Å². The van der Waals surface area contributed by atoms with Gasteiger partial charge in [0.15, 0.2) is 17.3 Å². The van der Waals surface area contributed by atoms with Gasteiger partial charge in [0.25, 0.3) is 0 Å². The Morgan fingerprint density at radius 3 is 2.96 bits per heavy atom. The Hall–Kier alpha value is -2.93. The maximum Gasteiger partial charge on any atom is 0.563 e. The lowest BCUT2D eigenvalue weighted by Crippen LogP contribution is -2.35. The number of nitrogens with zero attached hydrogens (tertiary/aromatic N) is 1. The minimum Gasteiger partial charge on any atom is -0.531 e. The molecule has 1 aromatic carbocycles.